The van der Waals surface area contributed by atoms with Gasteiger partial charge in [-0.2, -0.15) is 0 Å². The van der Waals surface area contributed by atoms with Gasteiger partial charge in [0.15, 0.2) is 0 Å². The number of non-ortho nitro benzene ring substituents is 1. The summed E-state index contributed by atoms with van der Waals surface area (Å²) >= 11 is 0. The molecule has 0 aromatic heterocycles. The highest BCUT2D eigenvalue weighted by Crippen LogP contribution is 2.29. The lowest BCUT2D eigenvalue weighted by atomic mass is 10.2. The Morgan fingerprint density at radius 3 is 2.67 bits per heavy atom. The van der Waals surface area contributed by atoms with Gasteiger partial charge in [0, 0.05) is 12.1 Å². The van der Waals surface area contributed by atoms with E-state index in [4.69, 9.17) is 4.74 Å². The highest BCUT2D eigenvalue weighted by atomic mass is 16.6. The molecular weight excluding hydrogens is 274 g/mol. The highest BCUT2D eigenvalue weighted by molar-refractivity contribution is 5.96. The summed E-state index contributed by atoms with van der Waals surface area (Å²) in [5, 5.41) is 13.5. The first kappa shape index (κ1) is 15.2. The van der Waals surface area contributed by atoms with Crippen LogP contribution in [0.1, 0.15) is 19.8 Å². The number of benzene rings is 1. The van der Waals surface area contributed by atoms with E-state index in [1.165, 1.54) is 25.3 Å². The van der Waals surface area contributed by atoms with E-state index < -0.39 is 4.92 Å². The Balaban J connectivity index is 2.15. The minimum absolute atomic E-state index is 0.0834. The molecule has 0 radical (unpaired) electrons. The van der Waals surface area contributed by atoms with E-state index in [-0.39, 0.29) is 17.6 Å². The second-order valence-electron chi connectivity index (χ2n) is 5.05. The third-order valence-corrected chi connectivity index (χ3v) is 3.72. The molecule has 21 heavy (non-hydrogen) atoms. The summed E-state index contributed by atoms with van der Waals surface area (Å²) in [6.07, 6.45) is 2.19. The van der Waals surface area contributed by atoms with Gasteiger partial charge in [0.2, 0.25) is 5.91 Å². The highest BCUT2D eigenvalue weighted by Gasteiger charge is 2.25. The SMILES string of the molecule is COc1ccc([N+](=O)[O-])cc1NC(=O)[C@H](C)N1CCCC1. The molecule has 1 heterocycles. The quantitative estimate of drug-likeness (QED) is 0.663. The lowest BCUT2D eigenvalue weighted by Gasteiger charge is -2.23. The van der Waals surface area contributed by atoms with Crippen LogP contribution in [-0.2, 0) is 4.79 Å². The second-order valence-corrected chi connectivity index (χ2v) is 5.05. The average Bonchev–Trinajstić information content (AvgIpc) is 3.00. The molecule has 7 heteroatoms. The van der Waals surface area contributed by atoms with Gasteiger partial charge >= 0.3 is 0 Å². The Morgan fingerprint density at radius 1 is 1.43 bits per heavy atom. The molecule has 1 aromatic rings. The summed E-state index contributed by atoms with van der Waals surface area (Å²) in [6.45, 7) is 3.64. The zero-order valence-corrected chi connectivity index (χ0v) is 12.2. The van der Waals surface area contributed by atoms with E-state index in [2.05, 4.69) is 10.2 Å². The van der Waals surface area contributed by atoms with Crippen LogP contribution in [0, 0.1) is 10.1 Å². The van der Waals surface area contributed by atoms with E-state index in [1.807, 2.05) is 6.92 Å². The van der Waals surface area contributed by atoms with Gasteiger partial charge in [-0.05, 0) is 38.9 Å². The zero-order chi connectivity index (χ0) is 15.4. The third-order valence-electron chi connectivity index (χ3n) is 3.72. The molecule has 2 rings (SSSR count). The Kier molecular flexibility index (Phi) is 4.74. The number of methoxy groups -OCH3 is 1. The van der Waals surface area contributed by atoms with Gasteiger partial charge in [-0.3, -0.25) is 19.8 Å². The average molecular weight is 293 g/mol. The fraction of sp³-hybridized carbons (Fsp3) is 0.500. The summed E-state index contributed by atoms with van der Waals surface area (Å²) in [6, 6.07) is 3.87. The van der Waals surface area contributed by atoms with Crippen molar-refractivity contribution in [3.05, 3.63) is 28.3 Å². The van der Waals surface area contributed by atoms with E-state index in [1.54, 1.807) is 0 Å². The number of rotatable bonds is 5. The maximum Gasteiger partial charge on any atom is 0.271 e. The standard InChI is InChI=1S/C14H19N3O4/c1-10(16-7-3-4-8-16)14(18)15-12-9-11(17(19)20)5-6-13(12)21-2/h5-6,9-10H,3-4,7-8H2,1-2H3,(H,15,18)/t10-/m0/s1. The molecule has 0 aliphatic carbocycles. The Labute approximate surface area is 123 Å². The topological polar surface area (TPSA) is 84.7 Å². The van der Waals surface area contributed by atoms with Crippen LogP contribution in [0.5, 0.6) is 5.75 Å². The van der Waals surface area contributed by atoms with Crippen LogP contribution in [0.3, 0.4) is 0 Å². The number of likely N-dealkylation sites (tertiary alicyclic amines) is 1. The normalized spacial score (nSPS) is 16.5. The first-order valence-electron chi connectivity index (χ1n) is 6.90. The van der Waals surface area contributed by atoms with Crippen molar-refractivity contribution in [1.82, 2.24) is 4.90 Å². The van der Waals surface area contributed by atoms with Gasteiger partial charge < -0.3 is 10.1 Å². The molecular formula is C14H19N3O4. The Bertz CT molecular complexity index is 541. The summed E-state index contributed by atoms with van der Waals surface area (Å²) in [7, 11) is 1.46. The van der Waals surface area contributed by atoms with Gasteiger partial charge in [-0.25, -0.2) is 0 Å². The van der Waals surface area contributed by atoms with Crippen molar-refractivity contribution in [3.63, 3.8) is 0 Å². The van der Waals surface area contributed by atoms with Gasteiger partial charge in [-0.15, -0.1) is 0 Å². The van der Waals surface area contributed by atoms with E-state index in [0.717, 1.165) is 25.9 Å². The van der Waals surface area contributed by atoms with Crippen molar-refractivity contribution in [1.29, 1.82) is 0 Å². The van der Waals surface area contributed by atoms with Crippen molar-refractivity contribution in [2.75, 3.05) is 25.5 Å². The van der Waals surface area contributed by atoms with Crippen LogP contribution >= 0.6 is 0 Å². The molecule has 1 N–H and O–H groups in total. The van der Waals surface area contributed by atoms with Crippen LogP contribution in [0.25, 0.3) is 0 Å². The zero-order valence-electron chi connectivity index (χ0n) is 12.2. The lowest BCUT2D eigenvalue weighted by Crippen LogP contribution is -2.40. The van der Waals surface area contributed by atoms with Gasteiger partial charge in [0.05, 0.1) is 23.8 Å². The van der Waals surface area contributed by atoms with E-state index in [9.17, 15) is 14.9 Å². The summed E-state index contributed by atoms with van der Waals surface area (Å²) in [4.78, 5) is 24.7. The molecule has 1 aliphatic heterocycles. The van der Waals surface area contributed by atoms with Crippen LogP contribution < -0.4 is 10.1 Å². The van der Waals surface area contributed by atoms with Crippen LogP contribution in [0.15, 0.2) is 18.2 Å². The number of carbonyl (C=O) groups is 1. The van der Waals surface area contributed by atoms with Crippen LogP contribution in [0.2, 0.25) is 0 Å². The molecule has 1 aliphatic rings. The Hall–Kier alpha value is -2.15. The number of nitro benzene ring substituents is 1. The van der Waals surface area contributed by atoms with Crippen LogP contribution in [0.4, 0.5) is 11.4 Å². The second kappa shape index (κ2) is 6.53. The fourth-order valence-electron chi connectivity index (χ4n) is 2.44. The number of nitrogens with one attached hydrogen (secondary N) is 1. The van der Waals surface area contributed by atoms with Crippen molar-refractivity contribution >= 4 is 17.3 Å². The predicted molar refractivity (Wildman–Crippen MR) is 78.5 cm³/mol. The number of hydrogen-bond acceptors (Lipinski definition) is 5. The minimum Gasteiger partial charge on any atom is -0.495 e. The molecule has 1 atom stereocenters. The van der Waals surface area contributed by atoms with Gasteiger partial charge in [0.1, 0.15) is 5.75 Å². The maximum absolute atomic E-state index is 12.3. The molecule has 1 fully saturated rings. The molecule has 1 saturated heterocycles. The summed E-state index contributed by atoms with van der Waals surface area (Å²) in [5.74, 6) is 0.221. The largest absolute Gasteiger partial charge is 0.495 e. The van der Waals surface area contributed by atoms with Gasteiger partial charge in [0.25, 0.3) is 5.69 Å². The molecule has 1 aromatic carbocycles. The predicted octanol–water partition coefficient (Wildman–Crippen LogP) is 2.03. The monoisotopic (exact) mass is 293 g/mol. The number of nitrogens with zero attached hydrogens (tertiary/aromatic N) is 2. The molecule has 7 nitrogen and oxygen atoms in total. The molecule has 114 valence electrons. The number of carbonyl (C=O) groups excluding carboxylic acids is 1. The molecule has 0 bridgehead atoms. The summed E-state index contributed by atoms with van der Waals surface area (Å²) in [5.41, 5.74) is 0.239. The van der Waals surface area contributed by atoms with Crippen LogP contribution in [-0.4, -0.2) is 42.0 Å². The maximum atomic E-state index is 12.3. The number of ether oxygens (including phenoxy) is 1. The van der Waals surface area contributed by atoms with Crippen molar-refractivity contribution < 1.29 is 14.5 Å². The Morgan fingerprint density at radius 2 is 2.10 bits per heavy atom. The number of nitro groups is 1. The van der Waals surface area contributed by atoms with E-state index >= 15 is 0 Å². The minimum atomic E-state index is -0.501. The fourth-order valence-corrected chi connectivity index (χ4v) is 2.44. The molecule has 0 saturated carbocycles. The smallest absolute Gasteiger partial charge is 0.271 e. The van der Waals surface area contributed by atoms with Crippen molar-refractivity contribution in [3.8, 4) is 5.75 Å². The number of anilines is 1. The number of hydrogen-bond donors (Lipinski definition) is 1. The van der Waals surface area contributed by atoms with E-state index in [0.29, 0.717) is 11.4 Å². The first-order valence-corrected chi connectivity index (χ1v) is 6.90. The summed E-state index contributed by atoms with van der Waals surface area (Å²) < 4.78 is 5.14. The molecule has 0 unspecified atom stereocenters. The number of amides is 1. The van der Waals surface area contributed by atoms with Crippen molar-refractivity contribution in [2.24, 2.45) is 0 Å². The molecule has 0 spiro atoms. The first-order chi connectivity index (χ1) is 10.0. The van der Waals surface area contributed by atoms with Crippen molar-refractivity contribution in [2.45, 2.75) is 25.8 Å². The lowest BCUT2D eigenvalue weighted by molar-refractivity contribution is -0.384. The van der Waals surface area contributed by atoms with Gasteiger partial charge in [-0.1, -0.05) is 0 Å². The third kappa shape index (κ3) is 3.49. The molecule has 1 amide bonds.